The van der Waals surface area contributed by atoms with Crippen molar-refractivity contribution >= 4 is 11.7 Å². The molecule has 3 aliphatic heterocycles. The molecular formula is C16H19NO2. The first-order chi connectivity index (χ1) is 9.24. The lowest BCUT2D eigenvalue weighted by Gasteiger charge is -2.39. The molecule has 3 heterocycles. The fourth-order valence-electron chi connectivity index (χ4n) is 3.86. The van der Waals surface area contributed by atoms with E-state index in [9.17, 15) is 4.79 Å². The highest BCUT2D eigenvalue weighted by molar-refractivity contribution is 5.80. The van der Waals surface area contributed by atoms with Crippen LogP contribution in [-0.4, -0.2) is 19.1 Å². The van der Waals surface area contributed by atoms with Gasteiger partial charge in [0.15, 0.2) is 0 Å². The van der Waals surface area contributed by atoms with E-state index in [4.69, 9.17) is 4.74 Å². The van der Waals surface area contributed by atoms with Crippen molar-refractivity contribution < 1.29 is 9.53 Å². The molecule has 100 valence electrons. The lowest BCUT2D eigenvalue weighted by molar-refractivity contribution is -0.135. The number of hydrogen-bond donors (Lipinski definition) is 0. The van der Waals surface area contributed by atoms with Gasteiger partial charge in [-0.15, -0.1) is 0 Å². The molecule has 3 nitrogen and oxygen atoms in total. The Morgan fingerprint density at radius 2 is 2.05 bits per heavy atom. The molecule has 0 aromatic heterocycles. The minimum absolute atomic E-state index is 0.0656. The second-order valence-electron chi connectivity index (χ2n) is 6.05. The number of nitrogens with zero attached hydrogens (tertiary/aromatic N) is 1. The maximum absolute atomic E-state index is 11.7. The van der Waals surface area contributed by atoms with Crippen molar-refractivity contribution in [1.82, 2.24) is 0 Å². The molecule has 0 N–H and O–H groups in total. The van der Waals surface area contributed by atoms with E-state index >= 15 is 0 Å². The maximum Gasteiger partial charge on any atom is 0.311 e. The lowest BCUT2D eigenvalue weighted by Crippen LogP contribution is -2.35. The fraction of sp³-hybridized carbons (Fsp3) is 0.562. The van der Waals surface area contributed by atoms with Gasteiger partial charge in [-0.25, -0.2) is 0 Å². The number of benzene rings is 1. The van der Waals surface area contributed by atoms with Gasteiger partial charge in [0.25, 0.3) is 0 Å². The Bertz CT molecular complexity index is 562. The average molecular weight is 257 g/mol. The van der Waals surface area contributed by atoms with Crippen LogP contribution in [0.5, 0.6) is 5.75 Å². The number of anilines is 1. The third-order valence-corrected chi connectivity index (χ3v) is 4.72. The average Bonchev–Trinajstić information content (AvgIpc) is 2.41. The second-order valence-corrected chi connectivity index (χ2v) is 6.05. The smallest absolute Gasteiger partial charge is 0.311 e. The molecule has 0 radical (unpaired) electrons. The van der Waals surface area contributed by atoms with Gasteiger partial charge in [-0.3, -0.25) is 4.79 Å². The molecule has 1 aromatic carbocycles. The first-order valence-electron chi connectivity index (χ1n) is 7.38. The summed E-state index contributed by atoms with van der Waals surface area (Å²) in [5.74, 6) is 1.13. The van der Waals surface area contributed by atoms with E-state index in [-0.39, 0.29) is 5.97 Å². The first-order valence-corrected chi connectivity index (χ1v) is 7.38. The molecule has 0 aliphatic carbocycles. The predicted octanol–water partition coefficient (Wildman–Crippen LogP) is 2.80. The van der Waals surface area contributed by atoms with E-state index in [2.05, 4.69) is 17.9 Å². The normalized spacial score (nSPS) is 24.6. The van der Waals surface area contributed by atoms with Crippen LogP contribution in [-0.2, 0) is 17.6 Å². The number of esters is 1. The van der Waals surface area contributed by atoms with Crippen molar-refractivity contribution in [3.8, 4) is 5.75 Å². The summed E-state index contributed by atoms with van der Waals surface area (Å²) in [4.78, 5) is 14.2. The third-order valence-electron chi connectivity index (χ3n) is 4.72. The summed E-state index contributed by atoms with van der Waals surface area (Å²) < 4.78 is 5.61. The Kier molecular flexibility index (Phi) is 2.38. The summed E-state index contributed by atoms with van der Waals surface area (Å²) in [6.07, 6.45) is 5.18. The molecule has 0 spiro atoms. The molecule has 19 heavy (non-hydrogen) atoms. The van der Waals surface area contributed by atoms with Gasteiger partial charge < -0.3 is 9.64 Å². The Hall–Kier alpha value is -1.51. The monoisotopic (exact) mass is 257 g/mol. The molecule has 3 heteroatoms. The van der Waals surface area contributed by atoms with Crippen LogP contribution in [0.3, 0.4) is 0 Å². The van der Waals surface area contributed by atoms with Crippen molar-refractivity contribution in [2.45, 2.75) is 44.9 Å². The summed E-state index contributed by atoms with van der Waals surface area (Å²) in [5, 5.41) is 0. The summed E-state index contributed by atoms with van der Waals surface area (Å²) >= 11 is 0. The predicted molar refractivity (Wildman–Crippen MR) is 74.0 cm³/mol. The molecule has 0 fully saturated rings. The molecule has 3 aliphatic rings. The Balaban J connectivity index is 1.96. The second kappa shape index (κ2) is 3.99. The van der Waals surface area contributed by atoms with E-state index in [0.717, 1.165) is 25.3 Å². The van der Waals surface area contributed by atoms with Crippen LogP contribution in [0, 0.1) is 0 Å². The van der Waals surface area contributed by atoms with E-state index in [1.165, 1.54) is 41.6 Å². The van der Waals surface area contributed by atoms with Gasteiger partial charge in [0, 0.05) is 24.3 Å². The van der Waals surface area contributed by atoms with Gasteiger partial charge in [-0.2, -0.15) is 0 Å². The molecule has 0 bridgehead atoms. The third kappa shape index (κ3) is 1.60. The van der Waals surface area contributed by atoms with E-state index in [1.807, 2.05) is 0 Å². The summed E-state index contributed by atoms with van der Waals surface area (Å²) in [5.41, 5.74) is 5.43. The van der Waals surface area contributed by atoms with E-state index < -0.39 is 0 Å². The van der Waals surface area contributed by atoms with Crippen molar-refractivity contribution in [2.24, 2.45) is 0 Å². The quantitative estimate of drug-likeness (QED) is 0.529. The topological polar surface area (TPSA) is 29.5 Å². The van der Waals surface area contributed by atoms with Crippen LogP contribution in [0.4, 0.5) is 5.69 Å². The number of rotatable bonds is 0. The number of carbonyl (C=O) groups excluding carboxylic acids is 1. The molecule has 0 saturated carbocycles. The molecule has 0 saturated heterocycles. The van der Waals surface area contributed by atoms with E-state index in [0.29, 0.717) is 12.3 Å². The zero-order valence-electron chi connectivity index (χ0n) is 11.4. The Morgan fingerprint density at radius 3 is 2.89 bits per heavy atom. The molecular weight excluding hydrogens is 238 g/mol. The first kappa shape index (κ1) is 11.3. The van der Waals surface area contributed by atoms with Crippen LogP contribution >= 0.6 is 0 Å². The van der Waals surface area contributed by atoms with Crippen molar-refractivity contribution in [3.63, 3.8) is 0 Å². The maximum atomic E-state index is 11.7. The van der Waals surface area contributed by atoms with Gasteiger partial charge in [-0.1, -0.05) is 6.92 Å². The molecule has 1 aromatic rings. The van der Waals surface area contributed by atoms with Crippen molar-refractivity contribution in [3.05, 3.63) is 22.8 Å². The Labute approximate surface area is 113 Å². The summed E-state index contributed by atoms with van der Waals surface area (Å²) in [6.45, 7) is 4.45. The Morgan fingerprint density at radius 1 is 1.26 bits per heavy atom. The number of hydrogen-bond acceptors (Lipinski definition) is 3. The van der Waals surface area contributed by atoms with Crippen LogP contribution in [0.25, 0.3) is 0 Å². The van der Waals surface area contributed by atoms with Crippen LogP contribution in [0.2, 0.25) is 0 Å². The van der Waals surface area contributed by atoms with E-state index in [1.54, 1.807) is 0 Å². The number of fused-ring (bicyclic) bond motifs is 2. The van der Waals surface area contributed by atoms with Gasteiger partial charge in [-0.05, 0) is 48.8 Å². The van der Waals surface area contributed by atoms with Gasteiger partial charge in [0.2, 0.25) is 0 Å². The highest BCUT2D eigenvalue weighted by atomic mass is 16.5. The minimum atomic E-state index is -0.0656. The highest BCUT2D eigenvalue weighted by Crippen LogP contribution is 2.46. The van der Waals surface area contributed by atoms with Crippen molar-refractivity contribution in [1.29, 1.82) is 0 Å². The van der Waals surface area contributed by atoms with Crippen LogP contribution in [0.1, 0.15) is 48.8 Å². The number of carbonyl (C=O) groups is 1. The highest BCUT2D eigenvalue weighted by Gasteiger charge is 2.33. The van der Waals surface area contributed by atoms with Crippen LogP contribution < -0.4 is 9.64 Å². The molecule has 4 rings (SSSR count). The minimum Gasteiger partial charge on any atom is -0.426 e. The zero-order chi connectivity index (χ0) is 13.0. The largest absolute Gasteiger partial charge is 0.426 e. The van der Waals surface area contributed by atoms with Crippen LogP contribution in [0.15, 0.2) is 6.07 Å². The number of aryl methyl sites for hydroxylation is 1. The lowest BCUT2D eigenvalue weighted by atomic mass is 9.84. The zero-order valence-corrected chi connectivity index (χ0v) is 11.4. The number of ether oxygens (including phenoxy) is 1. The fourth-order valence-corrected chi connectivity index (χ4v) is 3.86. The van der Waals surface area contributed by atoms with Gasteiger partial charge in [0.05, 0.1) is 6.42 Å². The standard InChI is InChI=1S/C16H19NO2/c1-10-8-14(18)19-16-12-5-3-7-17-6-2-4-11(15(12)17)9-13(10)16/h9-10H,2-8H2,1H3. The van der Waals surface area contributed by atoms with Crippen molar-refractivity contribution in [2.75, 3.05) is 18.0 Å². The summed E-state index contributed by atoms with van der Waals surface area (Å²) in [6, 6.07) is 2.31. The molecule has 1 unspecified atom stereocenters. The van der Waals surface area contributed by atoms with Gasteiger partial charge in [0.1, 0.15) is 5.75 Å². The SMILES string of the molecule is CC1CC(=O)Oc2c1cc1c3c2CCCN3CCC1. The van der Waals surface area contributed by atoms with Gasteiger partial charge >= 0.3 is 5.97 Å². The molecule has 0 amide bonds. The molecule has 1 atom stereocenters. The summed E-state index contributed by atoms with van der Waals surface area (Å²) in [7, 11) is 0.